The van der Waals surface area contributed by atoms with Gasteiger partial charge in [0.1, 0.15) is 22.9 Å². The van der Waals surface area contributed by atoms with Gasteiger partial charge in [-0.25, -0.2) is 4.98 Å². The number of pyridine rings is 1. The van der Waals surface area contributed by atoms with Crippen LogP contribution in [0.15, 0.2) is 60.8 Å². The highest BCUT2D eigenvalue weighted by atomic mass is 16.5. The zero-order valence-corrected chi connectivity index (χ0v) is 15.9. The van der Waals surface area contributed by atoms with Crippen LogP contribution in [0.2, 0.25) is 0 Å². The first-order valence-electron chi connectivity index (χ1n) is 8.54. The lowest BCUT2D eigenvalue weighted by molar-refractivity contribution is 0.102. The summed E-state index contributed by atoms with van der Waals surface area (Å²) >= 11 is 0. The smallest absolute Gasteiger partial charge is 0.274 e. The summed E-state index contributed by atoms with van der Waals surface area (Å²) in [5.41, 5.74) is 2.32. The zero-order valence-electron chi connectivity index (χ0n) is 15.9. The molecule has 0 atom stereocenters. The Hall–Kier alpha value is -3.74. The van der Waals surface area contributed by atoms with Crippen LogP contribution in [-0.2, 0) is 0 Å². The lowest BCUT2D eigenvalue weighted by Gasteiger charge is -2.12. The maximum absolute atomic E-state index is 12.5. The Morgan fingerprint density at radius 3 is 2.29 bits per heavy atom. The second kappa shape index (κ2) is 8.77. The number of benzene rings is 2. The van der Waals surface area contributed by atoms with Gasteiger partial charge in [-0.15, -0.1) is 0 Å². The Morgan fingerprint density at radius 2 is 1.61 bits per heavy atom. The number of anilines is 3. The number of ether oxygens (including phenoxy) is 3. The van der Waals surface area contributed by atoms with Gasteiger partial charge >= 0.3 is 0 Å². The number of carbonyl (C=O) groups is 1. The molecular weight excluding hydrogens is 358 g/mol. The van der Waals surface area contributed by atoms with E-state index in [9.17, 15) is 4.79 Å². The van der Waals surface area contributed by atoms with E-state index in [-0.39, 0.29) is 11.6 Å². The van der Waals surface area contributed by atoms with Crippen molar-refractivity contribution in [2.45, 2.75) is 0 Å². The van der Waals surface area contributed by atoms with Gasteiger partial charge in [0.2, 0.25) is 0 Å². The fourth-order valence-corrected chi connectivity index (χ4v) is 2.60. The number of carbonyl (C=O) groups excluding carboxylic acids is 1. The Kier molecular flexibility index (Phi) is 5.96. The largest absolute Gasteiger partial charge is 0.497 e. The second-order valence-corrected chi connectivity index (χ2v) is 5.78. The summed E-state index contributed by atoms with van der Waals surface area (Å²) in [6.45, 7) is 0. The normalized spacial score (nSPS) is 10.1. The van der Waals surface area contributed by atoms with Crippen molar-refractivity contribution in [2.24, 2.45) is 0 Å². The molecule has 0 aliphatic heterocycles. The van der Waals surface area contributed by atoms with Crippen molar-refractivity contribution in [1.82, 2.24) is 4.98 Å². The van der Waals surface area contributed by atoms with E-state index in [1.165, 1.54) is 7.11 Å². The molecule has 2 aromatic carbocycles. The molecule has 1 amide bonds. The standard InChI is InChI=1S/C21H21N3O4/c1-26-15-9-11-20(28-3)18(12-15)24-21(25)17-10-8-14(13-22-17)23-16-6-4-5-7-19(16)27-2/h4-13,23H,1-3H3,(H,24,25). The van der Waals surface area contributed by atoms with Crippen LogP contribution in [0, 0.1) is 0 Å². The summed E-state index contributed by atoms with van der Waals surface area (Å²) in [6, 6.07) is 16.1. The van der Waals surface area contributed by atoms with Crippen LogP contribution in [0.4, 0.5) is 17.1 Å². The topological polar surface area (TPSA) is 81.7 Å². The van der Waals surface area contributed by atoms with Crippen molar-refractivity contribution in [1.29, 1.82) is 0 Å². The lowest BCUT2D eigenvalue weighted by atomic mass is 10.2. The summed E-state index contributed by atoms with van der Waals surface area (Å²) in [4.78, 5) is 16.8. The van der Waals surface area contributed by atoms with Crippen molar-refractivity contribution < 1.29 is 19.0 Å². The molecule has 144 valence electrons. The van der Waals surface area contributed by atoms with Gasteiger partial charge in [0.05, 0.1) is 44.6 Å². The van der Waals surface area contributed by atoms with E-state index >= 15 is 0 Å². The number of nitrogens with zero attached hydrogens (tertiary/aromatic N) is 1. The molecule has 3 rings (SSSR count). The highest BCUT2D eigenvalue weighted by Gasteiger charge is 2.12. The second-order valence-electron chi connectivity index (χ2n) is 5.78. The van der Waals surface area contributed by atoms with Crippen LogP contribution < -0.4 is 24.8 Å². The third-order valence-electron chi connectivity index (χ3n) is 4.04. The molecular formula is C21H21N3O4. The lowest BCUT2D eigenvalue weighted by Crippen LogP contribution is -2.14. The van der Waals surface area contributed by atoms with Crippen molar-refractivity contribution in [3.8, 4) is 17.2 Å². The van der Waals surface area contributed by atoms with E-state index in [0.717, 1.165) is 17.1 Å². The molecule has 0 bridgehead atoms. The van der Waals surface area contributed by atoms with Crippen LogP contribution in [0.1, 0.15) is 10.5 Å². The highest BCUT2D eigenvalue weighted by Crippen LogP contribution is 2.29. The van der Waals surface area contributed by atoms with E-state index in [4.69, 9.17) is 14.2 Å². The minimum Gasteiger partial charge on any atom is -0.497 e. The van der Waals surface area contributed by atoms with E-state index < -0.39 is 0 Å². The summed E-state index contributed by atoms with van der Waals surface area (Å²) in [6.07, 6.45) is 1.59. The van der Waals surface area contributed by atoms with Gasteiger partial charge in [-0.2, -0.15) is 0 Å². The minimum absolute atomic E-state index is 0.274. The van der Waals surface area contributed by atoms with E-state index in [1.807, 2.05) is 24.3 Å². The van der Waals surface area contributed by atoms with Crippen molar-refractivity contribution in [2.75, 3.05) is 32.0 Å². The highest BCUT2D eigenvalue weighted by molar-refractivity contribution is 6.04. The van der Waals surface area contributed by atoms with Crippen molar-refractivity contribution >= 4 is 23.0 Å². The monoisotopic (exact) mass is 379 g/mol. The van der Waals surface area contributed by atoms with Crippen LogP contribution in [0.25, 0.3) is 0 Å². The molecule has 0 saturated carbocycles. The summed E-state index contributed by atoms with van der Waals surface area (Å²) in [7, 11) is 4.70. The van der Waals surface area contributed by atoms with Crippen LogP contribution in [0.3, 0.4) is 0 Å². The molecule has 1 aromatic heterocycles. The zero-order chi connectivity index (χ0) is 19.9. The quantitative estimate of drug-likeness (QED) is 0.643. The fourth-order valence-electron chi connectivity index (χ4n) is 2.60. The number of hydrogen-bond acceptors (Lipinski definition) is 6. The Bertz CT molecular complexity index is 958. The van der Waals surface area contributed by atoms with Gasteiger partial charge in [-0.1, -0.05) is 12.1 Å². The van der Waals surface area contributed by atoms with Gasteiger partial charge in [0.15, 0.2) is 0 Å². The van der Waals surface area contributed by atoms with Crippen molar-refractivity contribution in [3.05, 3.63) is 66.5 Å². The van der Waals surface area contributed by atoms with E-state index in [2.05, 4.69) is 15.6 Å². The van der Waals surface area contributed by atoms with Crippen molar-refractivity contribution in [3.63, 3.8) is 0 Å². The molecule has 0 saturated heterocycles. The predicted octanol–water partition coefficient (Wildman–Crippen LogP) is 4.10. The molecule has 0 aliphatic rings. The van der Waals surface area contributed by atoms with Crippen LogP contribution >= 0.6 is 0 Å². The minimum atomic E-state index is -0.351. The number of rotatable bonds is 7. The van der Waals surface area contributed by atoms with Crippen LogP contribution in [-0.4, -0.2) is 32.2 Å². The third kappa shape index (κ3) is 4.32. The first kappa shape index (κ1) is 19.0. The Balaban J connectivity index is 1.74. The maximum Gasteiger partial charge on any atom is 0.274 e. The number of para-hydroxylation sites is 2. The van der Waals surface area contributed by atoms with Gasteiger partial charge in [-0.3, -0.25) is 4.79 Å². The molecule has 0 aliphatic carbocycles. The summed E-state index contributed by atoms with van der Waals surface area (Å²) < 4.78 is 15.8. The predicted molar refractivity (Wildman–Crippen MR) is 108 cm³/mol. The number of methoxy groups -OCH3 is 3. The van der Waals surface area contributed by atoms with Gasteiger partial charge in [-0.05, 0) is 36.4 Å². The third-order valence-corrected chi connectivity index (χ3v) is 4.04. The molecule has 1 heterocycles. The molecule has 2 N–H and O–H groups in total. The molecule has 28 heavy (non-hydrogen) atoms. The summed E-state index contributed by atoms with van der Waals surface area (Å²) in [5.74, 6) is 1.51. The molecule has 0 unspecified atom stereocenters. The van der Waals surface area contributed by atoms with Gasteiger partial charge in [0.25, 0.3) is 5.91 Å². The number of amides is 1. The average molecular weight is 379 g/mol. The molecule has 7 nitrogen and oxygen atoms in total. The first-order valence-corrected chi connectivity index (χ1v) is 8.54. The Morgan fingerprint density at radius 1 is 0.857 bits per heavy atom. The summed E-state index contributed by atoms with van der Waals surface area (Å²) in [5, 5.41) is 6.01. The molecule has 3 aromatic rings. The molecule has 0 radical (unpaired) electrons. The van der Waals surface area contributed by atoms with E-state index in [0.29, 0.717) is 17.2 Å². The Labute approximate surface area is 163 Å². The average Bonchev–Trinajstić information content (AvgIpc) is 2.74. The van der Waals surface area contributed by atoms with E-state index in [1.54, 1.807) is 50.7 Å². The number of aromatic nitrogens is 1. The maximum atomic E-state index is 12.5. The number of nitrogens with one attached hydrogen (secondary N) is 2. The SMILES string of the molecule is COc1ccc(OC)c(NC(=O)c2ccc(Nc3ccccc3OC)cn2)c1. The molecule has 0 spiro atoms. The molecule has 7 heteroatoms. The molecule has 0 fully saturated rings. The van der Waals surface area contributed by atoms with Crippen LogP contribution in [0.5, 0.6) is 17.2 Å². The fraction of sp³-hybridized carbons (Fsp3) is 0.143. The van der Waals surface area contributed by atoms with Gasteiger partial charge < -0.3 is 24.8 Å². The number of hydrogen-bond donors (Lipinski definition) is 2. The first-order chi connectivity index (χ1) is 13.6. The van der Waals surface area contributed by atoms with Gasteiger partial charge in [0, 0.05) is 6.07 Å².